The van der Waals surface area contributed by atoms with Crippen molar-refractivity contribution in [3.63, 3.8) is 0 Å². The number of nitrogens with one attached hydrogen (secondary N) is 2. The lowest BCUT2D eigenvalue weighted by molar-refractivity contribution is -0.176. The van der Waals surface area contributed by atoms with E-state index in [2.05, 4.69) is 21.3 Å². The fourth-order valence-electron chi connectivity index (χ4n) is 7.81. The summed E-state index contributed by atoms with van der Waals surface area (Å²) in [5, 5.41) is 3.93. The van der Waals surface area contributed by atoms with Gasteiger partial charge >= 0.3 is 18.0 Å². The number of ether oxygens (including phenoxy) is 5. The summed E-state index contributed by atoms with van der Waals surface area (Å²) in [6, 6.07) is 13.2. The van der Waals surface area contributed by atoms with E-state index in [1.54, 1.807) is 59.3 Å². The van der Waals surface area contributed by atoms with Crippen LogP contribution in [-0.4, -0.2) is 80.1 Å². The number of rotatable bonds is 7. The molecule has 3 aromatic rings. The van der Waals surface area contributed by atoms with Gasteiger partial charge in [-0.1, -0.05) is 12.1 Å². The fraction of sp³-hybridized carbons (Fsp3) is 0.528. The number of carbonyl (C=O) groups excluding carboxylic acids is 3. The summed E-state index contributed by atoms with van der Waals surface area (Å²) >= 11 is 0. The van der Waals surface area contributed by atoms with Crippen molar-refractivity contribution in [2.24, 2.45) is 17.8 Å². The summed E-state index contributed by atoms with van der Waals surface area (Å²) in [6.45, 7) is 7.36. The zero-order chi connectivity index (χ0) is 33.5. The van der Waals surface area contributed by atoms with Gasteiger partial charge in [-0.05, 0) is 87.3 Å². The Labute approximate surface area is 275 Å². The molecule has 3 heterocycles. The highest BCUT2D eigenvalue weighted by Crippen LogP contribution is 2.50. The Morgan fingerprint density at radius 3 is 2.47 bits per heavy atom. The van der Waals surface area contributed by atoms with Gasteiger partial charge in [-0.2, -0.15) is 0 Å². The van der Waals surface area contributed by atoms with E-state index in [0.29, 0.717) is 12.0 Å². The summed E-state index contributed by atoms with van der Waals surface area (Å²) in [6.07, 6.45) is 0.498. The smallest absolute Gasteiger partial charge is 0.407 e. The largest absolute Gasteiger partial charge is 0.497 e. The van der Waals surface area contributed by atoms with Gasteiger partial charge in [0.05, 0.1) is 31.7 Å². The average molecular weight is 648 g/mol. The highest BCUT2D eigenvalue weighted by atomic mass is 16.6. The van der Waals surface area contributed by atoms with Gasteiger partial charge in [-0.3, -0.25) is 9.69 Å². The first kappa shape index (κ1) is 32.8. The number of piperidine rings is 1. The number of alkyl carbamates (subject to hydrolysis) is 1. The van der Waals surface area contributed by atoms with Crippen LogP contribution >= 0.6 is 0 Å². The lowest BCUT2D eigenvalue weighted by Crippen LogP contribution is -2.58. The number of amides is 1. The van der Waals surface area contributed by atoms with Gasteiger partial charge in [-0.25, -0.2) is 9.59 Å². The standard InChI is InChI=1S/C36H45N3O8/c1-36(2,3)47-35(42)37-18-20-7-9-21(10-8-20)33(40)46-29-15-22-19-39-14-13-25-24-12-11-23(43-4)16-27(24)38-31(25)28(39)17-26(22)30(32(29)44-5)34(41)45-6/h7-12,16,22,26,28-30,32,38H,13-15,17-19H2,1-6H3,(H,37,42)/t22?,26?,28-,29-,30+,32+/m1/s1. The van der Waals surface area contributed by atoms with E-state index in [0.717, 1.165) is 42.8 Å². The molecule has 252 valence electrons. The van der Waals surface area contributed by atoms with Crippen molar-refractivity contribution in [3.05, 3.63) is 64.8 Å². The molecule has 2 aliphatic heterocycles. The third-order valence-corrected chi connectivity index (χ3v) is 9.89. The molecule has 2 aromatic carbocycles. The zero-order valence-electron chi connectivity index (χ0n) is 28.0. The first-order valence-electron chi connectivity index (χ1n) is 16.3. The van der Waals surface area contributed by atoms with Gasteiger partial charge in [0, 0.05) is 49.4 Å². The Hall–Kier alpha value is -4.09. The van der Waals surface area contributed by atoms with Gasteiger partial charge in [0.1, 0.15) is 23.6 Å². The zero-order valence-corrected chi connectivity index (χ0v) is 28.0. The number of carbonyl (C=O) groups is 3. The second kappa shape index (κ2) is 13.2. The van der Waals surface area contributed by atoms with Crippen LogP contribution in [-0.2, 0) is 36.7 Å². The molecule has 47 heavy (non-hydrogen) atoms. The molecule has 11 nitrogen and oxygen atoms in total. The summed E-state index contributed by atoms with van der Waals surface area (Å²) in [5.41, 5.74) is 4.18. The molecule has 1 aromatic heterocycles. The molecule has 1 saturated carbocycles. The molecule has 1 aliphatic carbocycles. The number of benzene rings is 2. The van der Waals surface area contributed by atoms with E-state index in [9.17, 15) is 14.4 Å². The summed E-state index contributed by atoms with van der Waals surface area (Å²) in [5.74, 6) is -0.501. The van der Waals surface area contributed by atoms with Crippen LogP contribution in [0.15, 0.2) is 42.5 Å². The molecule has 6 rings (SSSR count). The number of fused-ring (bicyclic) bond motifs is 6. The Morgan fingerprint density at radius 1 is 1.02 bits per heavy atom. The van der Waals surface area contributed by atoms with Crippen molar-refractivity contribution in [1.82, 2.24) is 15.2 Å². The minimum Gasteiger partial charge on any atom is -0.497 e. The molecule has 0 radical (unpaired) electrons. The number of methoxy groups -OCH3 is 3. The summed E-state index contributed by atoms with van der Waals surface area (Å²) in [4.78, 5) is 45.0. The minimum atomic E-state index is -0.647. The monoisotopic (exact) mass is 647 g/mol. The first-order chi connectivity index (χ1) is 22.5. The van der Waals surface area contributed by atoms with Gasteiger partial charge in [0.2, 0.25) is 0 Å². The molecular weight excluding hydrogens is 602 g/mol. The number of aromatic amines is 1. The third kappa shape index (κ3) is 6.69. The van der Waals surface area contributed by atoms with E-state index in [1.165, 1.54) is 23.8 Å². The number of aromatic nitrogens is 1. The molecule has 1 saturated heterocycles. The van der Waals surface area contributed by atoms with Crippen molar-refractivity contribution >= 4 is 28.9 Å². The van der Waals surface area contributed by atoms with Gasteiger partial charge < -0.3 is 34.0 Å². The normalized spacial score (nSPS) is 25.6. The topological polar surface area (TPSA) is 128 Å². The van der Waals surface area contributed by atoms with Crippen LogP contribution in [0.3, 0.4) is 0 Å². The van der Waals surface area contributed by atoms with Crippen LogP contribution in [0.1, 0.15) is 66.8 Å². The molecule has 6 atom stereocenters. The van der Waals surface area contributed by atoms with Crippen LogP contribution in [0.5, 0.6) is 5.75 Å². The average Bonchev–Trinajstić information content (AvgIpc) is 3.43. The maximum atomic E-state index is 13.4. The predicted octanol–water partition coefficient (Wildman–Crippen LogP) is 5.17. The molecular formula is C36H45N3O8. The number of nitrogens with zero attached hydrogens (tertiary/aromatic N) is 1. The van der Waals surface area contributed by atoms with Crippen molar-refractivity contribution in [2.75, 3.05) is 34.4 Å². The van der Waals surface area contributed by atoms with Gasteiger partial charge in [0.15, 0.2) is 0 Å². The third-order valence-electron chi connectivity index (χ3n) is 9.89. The Balaban J connectivity index is 1.18. The quantitative estimate of drug-likeness (QED) is 0.264. The highest BCUT2D eigenvalue weighted by molar-refractivity contribution is 5.89. The second-order valence-electron chi connectivity index (χ2n) is 13.8. The predicted molar refractivity (Wildman–Crippen MR) is 174 cm³/mol. The van der Waals surface area contributed by atoms with Crippen LogP contribution in [0.25, 0.3) is 10.9 Å². The second-order valence-corrected chi connectivity index (χ2v) is 13.8. The number of hydrogen-bond donors (Lipinski definition) is 2. The van der Waals surface area contributed by atoms with E-state index in [1.807, 2.05) is 12.1 Å². The molecule has 3 aliphatic rings. The maximum Gasteiger partial charge on any atom is 0.407 e. The van der Waals surface area contributed by atoms with E-state index in [4.69, 9.17) is 23.7 Å². The number of esters is 2. The SMILES string of the molecule is COC(=O)[C@H]1C2C[C@@H]3c4[nH]c5cc(OC)ccc5c4CCN3CC2C[C@@H](OC(=O)c2ccc(CNC(=O)OC(C)(C)C)cc2)[C@@H]1OC. The summed E-state index contributed by atoms with van der Waals surface area (Å²) in [7, 11) is 4.63. The fourth-order valence-corrected chi connectivity index (χ4v) is 7.81. The van der Waals surface area contributed by atoms with Crippen LogP contribution < -0.4 is 10.1 Å². The van der Waals surface area contributed by atoms with Crippen molar-refractivity contribution in [3.8, 4) is 5.75 Å². The van der Waals surface area contributed by atoms with Crippen LogP contribution in [0.2, 0.25) is 0 Å². The lowest BCUT2D eigenvalue weighted by atomic mass is 9.63. The first-order valence-corrected chi connectivity index (χ1v) is 16.3. The number of hydrogen-bond acceptors (Lipinski definition) is 9. The lowest BCUT2D eigenvalue weighted by Gasteiger charge is -2.52. The Kier molecular flexibility index (Phi) is 9.22. The molecule has 2 unspecified atom stereocenters. The van der Waals surface area contributed by atoms with Gasteiger partial charge in [0.25, 0.3) is 0 Å². The maximum absolute atomic E-state index is 13.4. The number of H-pyrrole nitrogens is 1. The molecule has 11 heteroatoms. The molecule has 2 N–H and O–H groups in total. The van der Waals surface area contributed by atoms with Gasteiger partial charge in [-0.15, -0.1) is 0 Å². The van der Waals surface area contributed by atoms with Crippen molar-refractivity contribution in [1.29, 1.82) is 0 Å². The highest BCUT2D eigenvalue weighted by Gasteiger charge is 2.54. The molecule has 1 amide bonds. The van der Waals surface area contributed by atoms with Crippen LogP contribution in [0.4, 0.5) is 4.79 Å². The van der Waals surface area contributed by atoms with Crippen molar-refractivity contribution in [2.45, 2.75) is 70.4 Å². The molecule has 0 spiro atoms. The summed E-state index contributed by atoms with van der Waals surface area (Å²) < 4.78 is 28.1. The molecule has 2 fully saturated rings. The Bertz CT molecular complexity index is 1630. The Morgan fingerprint density at radius 2 is 1.79 bits per heavy atom. The van der Waals surface area contributed by atoms with Crippen LogP contribution in [0, 0.1) is 17.8 Å². The van der Waals surface area contributed by atoms with E-state index >= 15 is 0 Å². The minimum absolute atomic E-state index is 0.00717. The van der Waals surface area contributed by atoms with E-state index in [-0.39, 0.29) is 30.4 Å². The van der Waals surface area contributed by atoms with Crippen molar-refractivity contribution < 1.29 is 38.1 Å². The molecule has 0 bridgehead atoms. The van der Waals surface area contributed by atoms with E-state index < -0.39 is 35.8 Å².